The summed E-state index contributed by atoms with van der Waals surface area (Å²) in [4.78, 5) is 25.9. The third kappa shape index (κ3) is 4.65. The Morgan fingerprint density at radius 3 is 2.76 bits per heavy atom. The van der Waals surface area contributed by atoms with Gasteiger partial charge in [0.1, 0.15) is 23.9 Å². The molecule has 0 aliphatic carbocycles. The second-order valence-electron chi connectivity index (χ2n) is 7.65. The van der Waals surface area contributed by atoms with Gasteiger partial charge in [-0.15, -0.1) is 0 Å². The fraction of sp³-hybridized carbons (Fsp3) is 0.273. The van der Waals surface area contributed by atoms with Crippen LogP contribution in [0.5, 0.6) is 0 Å². The predicted octanol–water partition coefficient (Wildman–Crippen LogP) is 2.19. The molecule has 4 N–H and O–H groups in total. The molecular weight excluding hydrogens is 437 g/mol. The summed E-state index contributed by atoms with van der Waals surface area (Å²) in [7, 11) is 1.59. The van der Waals surface area contributed by atoms with Crippen LogP contribution in [-0.4, -0.2) is 62.8 Å². The van der Waals surface area contributed by atoms with E-state index in [4.69, 9.17) is 5.73 Å². The Kier molecular flexibility index (Phi) is 5.55. The Bertz CT molecular complexity index is 1300. The minimum Gasteiger partial charge on any atom is -0.382 e. The van der Waals surface area contributed by atoms with Crippen LogP contribution in [0.25, 0.3) is 22.3 Å². The molecule has 4 rings (SSSR count). The molecule has 1 aromatic carbocycles. The van der Waals surface area contributed by atoms with Gasteiger partial charge in [-0.2, -0.15) is 13.2 Å². The quantitative estimate of drug-likeness (QED) is 0.517. The van der Waals surface area contributed by atoms with Gasteiger partial charge in [-0.3, -0.25) is 4.79 Å². The number of aliphatic hydroxyl groups is 1. The van der Waals surface area contributed by atoms with Crippen LogP contribution in [0.2, 0.25) is 0 Å². The molecule has 1 aliphatic heterocycles. The lowest BCUT2D eigenvalue weighted by atomic mass is 10.0. The largest absolute Gasteiger partial charge is 0.405 e. The Hall–Kier alpha value is -3.91. The number of carbonyl (C=O) groups excluding carboxylic acids is 1. The number of fused-ring (bicyclic) bond motifs is 1. The molecule has 1 aliphatic rings. The van der Waals surface area contributed by atoms with Gasteiger partial charge in [-0.05, 0) is 18.2 Å². The van der Waals surface area contributed by atoms with Crippen molar-refractivity contribution in [1.29, 1.82) is 0 Å². The van der Waals surface area contributed by atoms with Gasteiger partial charge in [-0.1, -0.05) is 24.0 Å². The molecule has 11 heteroatoms. The topological polar surface area (TPSA) is 117 Å². The number of anilines is 2. The minimum atomic E-state index is -4.43. The molecule has 33 heavy (non-hydrogen) atoms. The number of rotatable bonds is 3. The van der Waals surface area contributed by atoms with Gasteiger partial charge in [0.2, 0.25) is 5.60 Å². The average Bonchev–Trinajstić information content (AvgIpc) is 3.04. The van der Waals surface area contributed by atoms with Gasteiger partial charge < -0.3 is 21.1 Å². The summed E-state index contributed by atoms with van der Waals surface area (Å²) >= 11 is 0. The van der Waals surface area contributed by atoms with E-state index in [1.54, 1.807) is 31.3 Å². The first-order valence-electron chi connectivity index (χ1n) is 9.89. The molecule has 3 heterocycles. The zero-order chi connectivity index (χ0) is 23.8. The molecule has 0 radical (unpaired) electrons. The lowest BCUT2D eigenvalue weighted by Crippen LogP contribution is -2.37. The van der Waals surface area contributed by atoms with E-state index in [9.17, 15) is 23.1 Å². The molecule has 1 unspecified atom stereocenters. The number of likely N-dealkylation sites (N-methyl/N-ethyl adjacent to an activating group) is 1. The van der Waals surface area contributed by atoms with Crippen molar-refractivity contribution in [3.8, 4) is 23.1 Å². The maximum Gasteiger partial charge on any atom is 0.405 e. The Labute approximate surface area is 186 Å². The van der Waals surface area contributed by atoms with E-state index in [0.29, 0.717) is 23.4 Å². The Balaban J connectivity index is 1.73. The number of pyridine rings is 1. The van der Waals surface area contributed by atoms with Gasteiger partial charge in [0.25, 0.3) is 5.91 Å². The van der Waals surface area contributed by atoms with Crippen molar-refractivity contribution >= 4 is 28.4 Å². The number of benzene rings is 1. The molecular formula is C22H19F3N6O2. The molecule has 0 bridgehead atoms. The SMILES string of the molecule is CN1CCC(O)(C#Cc2cccc(-c3cc(NCC(F)(F)F)c4ncnc(N)c4n3)c2)C1=O. The number of nitrogens with one attached hydrogen (secondary N) is 1. The summed E-state index contributed by atoms with van der Waals surface area (Å²) in [6, 6.07) is 8.17. The number of aromatic nitrogens is 3. The van der Waals surface area contributed by atoms with Gasteiger partial charge >= 0.3 is 6.18 Å². The van der Waals surface area contributed by atoms with Crippen LogP contribution in [-0.2, 0) is 4.79 Å². The summed E-state index contributed by atoms with van der Waals surface area (Å²) in [5.41, 5.74) is 5.94. The molecule has 1 fully saturated rings. The first-order chi connectivity index (χ1) is 15.6. The standard InChI is InChI=1S/C22H19F3N6O2/c1-31-8-7-21(33,20(31)32)6-5-13-3-2-4-14(9-13)15-10-16(27-11-22(23,24)25)17-18(30-15)19(26)29-12-28-17/h2-4,9-10,12,33H,7-8,11H2,1H3,(H,27,30)(H2,26,28,29). The van der Waals surface area contributed by atoms with Crippen molar-refractivity contribution in [3.05, 3.63) is 42.2 Å². The van der Waals surface area contributed by atoms with Crippen LogP contribution >= 0.6 is 0 Å². The van der Waals surface area contributed by atoms with Crippen molar-refractivity contribution in [1.82, 2.24) is 19.9 Å². The zero-order valence-electron chi connectivity index (χ0n) is 17.4. The third-order valence-corrected chi connectivity index (χ3v) is 5.18. The number of amides is 1. The van der Waals surface area contributed by atoms with Crippen molar-refractivity contribution < 1.29 is 23.1 Å². The number of likely N-dealkylation sites (tertiary alicyclic amines) is 1. The summed E-state index contributed by atoms with van der Waals surface area (Å²) in [5.74, 6) is 5.01. The van der Waals surface area contributed by atoms with Crippen LogP contribution in [0.15, 0.2) is 36.7 Å². The smallest absolute Gasteiger partial charge is 0.382 e. The molecule has 170 valence electrons. The molecule has 8 nitrogen and oxygen atoms in total. The summed E-state index contributed by atoms with van der Waals surface area (Å²) in [6.07, 6.45) is -3.08. The Morgan fingerprint density at radius 2 is 2.06 bits per heavy atom. The second-order valence-corrected chi connectivity index (χ2v) is 7.65. The van der Waals surface area contributed by atoms with Gasteiger partial charge in [-0.25, -0.2) is 15.0 Å². The number of hydrogen-bond acceptors (Lipinski definition) is 7. The number of halogens is 3. The number of nitrogen functional groups attached to an aromatic ring is 1. The van der Waals surface area contributed by atoms with E-state index in [1.165, 1.54) is 11.0 Å². The van der Waals surface area contributed by atoms with E-state index in [2.05, 4.69) is 32.1 Å². The van der Waals surface area contributed by atoms with Gasteiger partial charge in [0, 0.05) is 31.1 Å². The third-order valence-electron chi connectivity index (χ3n) is 5.18. The van der Waals surface area contributed by atoms with E-state index in [1.807, 2.05) is 0 Å². The molecule has 2 aromatic heterocycles. The highest BCUT2D eigenvalue weighted by molar-refractivity contribution is 5.95. The molecule has 0 spiro atoms. The zero-order valence-corrected chi connectivity index (χ0v) is 17.4. The Morgan fingerprint density at radius 1 is 1.27 bits per heavy atom. The highest BCUT2D eigenvalue weighted by Gasteiger charge is 2.42. The van der Waals surface area contributed by atoms with Crippen LogP contribution in [0.1, 0.15) is 12.0 Å². The molecule has 1 saturated heterocycles. The summed E-state index contributed by atoms with van der Waals surface area (Å²) in [6.45, 7) is -0.857. The van der Waals surface area contributed by atoms with Crippen molar-refractivity contribution in [3.63, 3.8) is 0 Å². The second kappa shape index (κ2) is 8.22. The molecule has 1 atom stereocenters. The summed E-state index contributed by atoms with van der Waals surface area (Å²) in [5, 5.41) is 12.8. The fourth-order valence-corrected chi connectivity index (χ4v) is 3.44. The van der Waals surface area contributed by atoms with Gasteiger partial charge in [0.15, 0.2) is 5.82 Å². The van der Waals surface area contributed by atoms with Crippen LogP contribution in [0.4, 0.5) is 24.7 Å². The first kappa shape index (κ1) is 22.3. The molecule has 1 amide bonds. The number of nitrogens with zero attached hydrogens (tertiary/aromatic N) is 4. The maximum atomic E-state index is 12.8. The maximum absolute atomic E-state index is 12.8. The number of nitrogens with two attached hydrogens (primary N) is 1. The minimum absolute atomic E-state index is 0.0268. The summed E-state index contributed by atoms with van der Waals surface area (Å²) < 4.78 is 38.4. The van der Waals surface area contributed by atoms with E-state index >= 15 is 0 Å². The lowest BCUT2D eigenvalue weighted by Gasteiger charge is -2.14. The average molecular weight is 456 g/mol. The van der Waals surface area contributed by atoms with E-state index in [-0.39, 0.29) is 29.0 Å². The monoisotopic (exact) mass is 456 g/mol. The van der Waals surface area contributed by atoms with Crippen LogP contribution < -0.4 is 11.1 Å². The van der Waals surface area contributed by atoms with Gasteiger partial charge in [0.05, 0.1) is 11.4 Å². The van der Waals surface area contributed by atoms with Crippen molar-refractivity contribution in [2.24, 2.45) is 0 Å². The van der Waals surface area contributed by atoms with Crippen LogP contribution in [0, 0.1) is 11.8 Å². The molecule has 3 aromatic rings. The molecule has 0 saturated carbocycles. The van der Waals surface area contributed by atoms with E-state index < -0.39 is 24.2 Å². The lowest BCUT2D eigenvalue weighted by molar-refractivity contribution is -0.137. The first-order valence-corrected chi connectivity index (χ1v) is 9.89. The predicted molar refractivity (Wildman–Crippen MR) is 116 cm³/mol. The number of hydrogen-bond donors (Lipinski definition) is 3. The van der Waals surface area contributed by atoms with Crippen molar-refractivity contribution in [2.45, 2.75) is 18.2 Å². The fourth-order valence-electron chi connectivity index (χ4n) is 3.44. The highest BCUT2D eigenvalue weighted by atomic mass is 19.4. The highest BCUT2D eigenvalue weighted by Crippen LogP contribution is 2.30. The van der Waals surface area contributed by atoms with Crippen molar-refractivity contribution in [2.75, 3.05) is 31.2 Å². The normalized spacial score (nSPS) is 18.3. The van der Waals surface area contributed by atoms with E-state index in [0.717, 1.165) is 6.33 Å². The van der Waals surface area contributed by atoms with Crippen LogP contribution in [0.3, 0.4) is 0 Å². The number of alkyl halides is 3. The number of carbonyl (C=O) groups is 1.